The Morgan fingerprint density at radius 2 is 1.23 bits per heavy atom. The van der Waals surface area contributed by atoms with Gasteiger partial charge >= 0.3 is 0 Å². The maximum absolute atomic E-state index is 14.8. The van der Waals surface area contributed by atoms with Gasteiger partial charge in [-0.2, -0.15) is 0 Å². The lowest BCUT2D eigenvalue weighted by molar-refractivity contribution is -1.29. The van der Waals surface area contributed by atoms with Crippen molar-refractivity contribution in [2.45, 2.75) is 19.3 Å². The zero-order valence-electron chi connectivity index (χ0n) is 21.5. The fourth-order valence-corrected chi connectivity index (χ4v) is 6.90. The van der Waals surface area contributed by atoms with E-state index in [0.717, 1.165) is 22.4 Å². The van der Waals surface area contributed by atoms with Crippen LogP contribution < -0.4 is 9.35 Å². The van der Waals surface area contributed by atoms with Crippen LogP contribution >= 0.6 is 0 Å². The van der Waals surface area contributed by atoms with Crippen molar-refractivity contribution in [3.05, 3.63) is 132 Å². The lowest BCUT2D eigenvalue weighted by atomic mass is 9.76. The van der Waals surface area contributed by atoms with Gasteiger partial charge in [-0.3, -0.25) is 0 Å². The summed E-state index contributed by atoms with van der Waals surface area (Å²) in [5.74, 6) is -0.724. The molecule has 0 saturated carbocycles. The van der Waals surface area contributed by atoms with E-state index in [1.54, 1.807) is 6.20 Å². The lowest BCUT2D eigenvalue weighted by Crippen LogP contribution is -2.68. The van der Waals surface area contributed by atoms with Gasteiger partial charge in [0.15, 0.2) is 0 Å². The van der Waals surface area contributed by atoms with Gasteiger partial charge in [-0.25, -0.2) is 8.78 Å². The van der Waals surface area contributed by atoms with Crippen LogP contribution in [0.5, 0.6) is 0 Å². The maximum Gasteiger partial charge on any atom is 0.287 e. The highest BCUT2D eigenvalue weighted by atomic mass is 19.1. The van der Waals surface area contributed by atoms with E-state index >= 15 is 0 Å². The summed E-state index contributed by atoms with van der Waals surface area (Å²) >= 11 is 0. The molecule has 0 radical (unpaired) electrons. The Morgan fingerprint density at radius 3 is 2.13 bits per heavy atom. The highest BCUT2D eigenvalue weighted by molar-refractivity contribution is 6.02. The van der Waals surface area contributed by atoms with Gasteiger partial charge in [0.2, 0.25) is 12.4 Å². The molecule has 39 heavy (non-hydrogen) atoms. The Labute approximate surface area is 225 Å². The molecule has 0 fully saturated rings. The molecule has 2 aromatic heterocycles. The van der Waals surface area contributed by atoms with Crippen molar-refractivity contribution in [3.8, 4) is 44.8 Å². The lowest BCUT2D eigenvalue weighted by Gasteiger charge is -2.26. The average Bonchev–Trinajstić information content (AvgIpc) is 3.19. The van der Waals surface area contributed by atoms with Crippen LogP contribution in [0.3, 0.4) is 0 Å². The molecule has 4 aromatic carbocycles. The Morgan fingerprint density at radius 1 is 0.538 bits per heavy atom. The van der Waals surface area contributed by atoms with Crippen LogP contribution in [0, 0.1) is 11.6 Å². The van der Waals surface area contributed by atoms with Crippen molar-refractivity contribution in [2.24, 2.45) is 0 Å². The molecule has 3 heterocycles. The molecule has 4 heteroatoms. The second kappa shape index (κ2) is 7.67. The van der Waals surface area contributed by atoms with Gasteiger partial charge in [0, 0.05) is 23.6 Å². The van der Waals surface area contributed by atoms with Crippen molar-refractivity contribution in [2.75, 3.05) is 0 Å². The Kier molecular flexibility index (Phi) is 4.39. The van der Waals surface area contributed by atoms with E-state index in [1.807, 2.05) is 33.7 Å². The van der Waals surface area contributed by atoms with Crippen LogP contribution in [-0.2, 0) is 5.41 Å². The number of rotatable bonds is 0. The molecule has 1 aliphatic carbocycles. The summed E-state index contributed by atoms with van der Waals surface area (Å²) in [7, 11) is 0. The minimum atomic E-state index is -0.368. The fourth-order valence-electron chi connectivity index (χ4n) is 6.90. The van der Waals surface area contributed by atoms with E-state index in [-0.39, 0.29) is 17.0 Å². The summed E-state index contributed by atoms with van der Waals surface area (Å²) in [4.78, 5) is 0. The van der Waals surface area contributed by atoms with Crippen LogP contribution in [0.25, 0.3) is 55.5 Å². The standard InChI is InChI=1S/C35H24F2N2/c1-35(2)33-24-8-4-3-7-21(24)10-12-27(33)28-15-14-26-25-13-11-22(36)19-29(25)31-20-23(37)16-18-39(31)38-17-6-5-9-30(38)32(26)34(28)35/h3-20H,1-2H3/q+2. The smallest absolute Gasteiger partial charge is 0.207 e. The van der Waals surface area contributed by atoms with E-state index < -0.39 is 0 Å². The Balaban J connectivity index is 1.56. The predicted molar refractivity (Wildman–Crippen MR) is 149 cm³/mol. The van der Waals surface area contributed by atoms with E-state index in [4.69, 9.17) is 0 Å². The van der Waals surface area contributed by atoms with Gasteiger partial charge in [-0.05, 0) is 62.4 Å². The molecular weight excluding hydrogens is 486 g/mol. The Bertz CT molecular complexity index is 2020. The molecule has 0 amide bonds. The molecule has 6 aromatic rings. The number of pyridine rings is 2. The van der Waals surface area contributed by atoms with E-state index in [9.17, 15) is 8.78 Å². The Hall–Kier alpha value is -4.70. The minimum absolute atomic E-state index is 0.305. The topological polar surface area (TPSA) is 7.76 Å². The number of benzene rings is 4. The summed E-state index contributed by atoms with van der Waals surface area (Å²) in [5, 5.41) is 2.48. The summed E-state index contributed by atoms with van der Waals surface area (Å²) in [6, 6.07) is 31.3. The SMILES string of the molecule is CC1(C)c2c(ccc3c2-c2cccc[n+]2-[n+]2ccc(F)cc2-c2cc(F)ccc2-3)-c2ccc3ccccc3c21. The molecule has 0 bridgehead atoms. The van der Waals surface area contributed by atoms with Crippen molar-refractivity contribution < 1.29 is 18.1 Å². The number of nitrogens with zero attached hydrogens (tertiary/aromatic N) is 2. The first kappa shape index (κ1) is 22.3. The zero-order valence-corrected chi connectivity index (χ0v) is 21.5. The normalized spacial score (nSPS) is 13.8. The van der Waals surface area contributed by atoms with Crippen LogP contribution in [0.1, 0.15) is 25.0 Å². The maximum atomic E-state index is 14.8. The molecule has 0 saturated heterocycles. The second-order valence-electron chi connectivity index (χ2n) is 10.9. The molecule has 0 spiro atoms. The fraction of sp³-hybridized carbons (Fsp3) is 0.0857. The highest BCUT2D eigenvalue weighted by Crippen LogP contribution is 2.56. The molecule has 0 N–H and O–H groups in total. The van der Waals surface area contributed by atoms with Gasteiger partial charge in [-0.1, -0.05) is 68.4 Å². The molecule has 186 valence electrons. The van der Waals surface area contributed by atoms with E-state index in [0.29, 0.717) is 11.3 Å². The molecule has 1 aliphatic heterocycles. The summed E-state index contributed by atoms with van der Waals surface area (Å²) in [5.41, 5.74) is 9.92. The van der Waals surface area contributed by atoms with Crippen LogP contribution in [0.2, 0.25) is 0 Å². The number of aromatic nitrogens is 2. The molecule has 2 nitrogen and oxygen atoms in total. The number of hydrogen-bond acceptors (Lipinski definition) is 0. The second-order valence-corrected chi connectivity index (χ2v) is 10.9. The van der Waals surface area contributed by atoms with E-state index in [2.05, 4.69) is 68.4 Å². The van der Waals surface area contributed by atoms with Crippen LogP contribution in [0.15, 0.2) is 109 Å². The van der Waals surface area contributed by atoms with Gasteiger partial charge in [-0.15, -0.1) is 0 Å². The third-order valence-electron chi connectivity index (χ3n) is 8.45. The van der Waals surface area contributed by atoms with Gasteiger partial charge < -0.3 is 0 Å². The van der Waals surface area contributed by atoms with Crippen molar-refractivity contribution >= 4 is 10.8 Å². The number of halogens is 2. The molecule has 0 atom stereocenters. The predicted octanol–water partition coefficient (Wildman–Crippen LogP) is 7.63. The van der Waals surface area contributed by atoms with Crippen molar-refractivity contribution in [3.63, 3.8) is 0 Å². The van der Waals surface area contributed by atoms with Crippen molar-refractivity contribution in [1.82, 2.24) is 0 Å². The average molecular weight is 511 g/mol. The van der Waals surface area contributed by atoms with Crippen LogP contribution in [0.4, 0.5) is 8.78 Å². The molecule has 8 rings (SSSR count). The summed E-state index contributed by atoms with van der Waals surface area (Å²) < 4.78 is 33.3. The van der Waals surface area contributed by atoms with Crippen molar-refractivity contribution in [1.29, 1.82) is 0 Å². The molecule has 2 aliphatic rings. The van der Waals surface area contributed by atoms with Gasteiger partial charge in [0.1, 0.15) is 11.6 Å². The monoisotopic (exact) mass is 510 g/mol. The minimum Gasteiger partial charge on any atom is -0.207 e. The quantitative estimate of drug-likeness (QED) is 0.185. The molecule has 0 unspecified atom stereocenters. The number of fused-ring (bicyclic) bond motifs is 14. The highest BCUT2D eigenvalue weighted by Gasteiger charge is 2.44. The summed E-state index contributed by atoms with van der Waals surface area (Å²) in [6.07, 6.45) is 3.69. The zero-order chi connectivity index (χ0) is 26.5. The van der Waals surface area contributed by atoms with Crippen LogP contribution in [-0.4, -0.2) is 0 Å². The third kappa shape index (κ3) is 2.94. The number of hydrogen-bond donors (Lipinski definition) is 0. The first-order valence-electron chi connectivity index (χ1n) is 13.2. The van der Waals surface area contributed by atoms with Gasteiger partial charge in [0.05, 0.1) is 26.5 Å². The van der Waals surface area contributed by atoms with Gasteiger partial charge in [0.25, 0.3) is 11.4 Å². The third-order valence-corrected chi connectivity index (χ3v) is 8.45. The first-order valence-corrected chi connectivity index (χ1v) is 13.2. The first-order chi connectivity index (χ1) is 18.9. The summed E-state index contributed by atoms with van der Waals surface area (Å²) in [6.45, 7) is 4.61. The largest absolute Gasteiger partial charge is 0.287 e. The van der Waals surface area contributed by atoms with E-state index in [1.165, 1.54) is 57.3 Å². The molecular formula is C35H24F2N2+2.